The molecule has 3 fully saturated rings. The molecule has 2 heterocycles. The van der Waals surface area contributed by atoms with Crippen molar-refractivity contribution in [3.8, 4) is 0 Å². The van der Waals surface area contributed by atoms with Crippen molar-refractivity contribution in [1.29, 1.82) is 0 Å². The quantitative estimate of drug-likeness (QED) is 0.761. The minimum Gasteiger partial charge on any atom is -0.314 e. The van der Waals surface area contributed by atoms with E-state index in [1.807, 2.05) is 0 Å². The Labute approximate surface area is 116 Å². The zero-order valence-corrected chi connectivity index (χ0v) is 12.5. The molecule has 1 N–H and O–H groups in total. The standard InChI is InChI=1S/C13H25N3O2S/c1-19(17,18)13-4-2-3-12(13)16-9-11(10-16)15-7-5-14-6-8-15/h11-14H,2-10H2,1H3. The van der Waals surface area contributed by atoms with Crippen LogP contribution in [0.3, 0.4) is 0 Å². The molecule has 3 aliphatic rings. The first-order valence-corrected chi connectivity index (χ1v) is 9.39. The number of rotatable bonds is 3. The summed E-state index contributed by atoms with van der Waals surface area (Å²) >= 11 is 0. The van der Waals surface area contributed by atoms with Gasteiger partial charge in [0, 0.05) is 57.6 Å². The lowest BCUT2D eigenvalue weighted by Gasteiger charge is -2.50. The Balaban J connectivity index is 1.55. The van der Waals surface area contributed by atoms with E-state index in [1.165, 1.54) is 6.26 Å². The topological polar surface area (TPSA) is 52.7 Å². The molecule has 0 aromatic rings. The van der Waals surface area contributed by atoms with E-state index in [0.29, 0.717) is 6.04 Å². The smallest absolute Gasteiger partial charge is 0.151 e. The van der Waals surface area contributed by atoms with Gasteiger partial charge in [-0.1, -0.05) is 6.42 Å². The number of piperazine rings is 1. The van der Waals surface area contributed by atoms with Crippen molar-refractivity contribution in [2.45, 2.75) is 36.6 Å². The summed E-state index contributed by atoms with van der Waals surface area (Å²) < 4.78 is 23.7. The molecule has 2 aliphatic heterocycles. The summed E-state index contributed by atoms with van der Waals surface area (Å²) in [4.78, 5) is 4.96. The maximum Gasteiger partial charge on any atom is 0.151 e. The van der Waals surface area contributed by atoms with Crippen LogP contribution in [-0.4, -0.2) is 81.1 Å². The lowest BCUT2D eigenvalue weighted by Crippen LogP contribution is -2.66. The van der Waals surface area contributed by atoms with E-state index in [0.717, 1.165) is 58.5 Å². The molecule has 3 rings (SSSR count). The van der Waals surface area contributed by atoms with Crippen molar-refractivity contribution in [2.75, 3.05) is 45.5 Å². The van der Waals surface area contributed by atoms with Gasteiger partial charge in [0.25, 0.3) is 0 Å². The SMILES string of the molecule is CS(=O)(=O)C1CCCC1N1CC(N2CCNCC2)C1. The molecule has 1 aliphatic carbocycles. The summed E-state index contributed by atoms with van der Waals surface area (Å²) in [7, 11) is -2.88. The summed E-state index contributed by atoms with van der Waals surface area (Å²) in [5.74, 6) is 0. The van der Waals surface area contributed by atoms with Crippen molar-refractivity contribution in [3.05, 3.63) is 0 Å². The van der Waals surface area contributed by atoms with Crippen LogP contribution >= 0.6 is 0 Å². The third-order valence-electron chi connectivity index (χ3n) is 5.00. The van der Waals surface area contributed by atoms with Gasteiger partial charge in [-0.05, 0) is 12.8 Å². The fourth-order valence-corrected chi connectivity index (χ4v) is 5.33. The molecule has 5 nitrogen and oxygen atoms in total. The van der Waals surface area contributed by atoms with Gasteiger partial charge >= 0.3 is 0 Å². The van der Waals surface area contributed by atoms with Crippen molar-refractivity contribution >= 4 is 9.84 Å². The molecular weight excluding hydrogens is 262 g/mol. The van der Waals surface area contributed by atoms with Crippen molar-refractivity contribution in [2.24, 2.45) is 0 Å². The first kappa shape index (κ1) is 13.8. The van der Waals surface area contributed by atoms with E-state index in [1.54, 1.807) is 0 Å². The highest BCUT2D eigenvalue weighted by Gasteiger charge is 2.44. The molecule has 6 heteroatoms. The lowest BCUT2D eigenvalue weighted by molar-refractivity contribution is 0.00211. The molecule has 19 heavy (non-hydrogen) atoms. The molecule has 0 amide bonds. The van der Waals surface area contributed by atoms with E-state index in [4.69, 9.17) is 0 Å². The monoisotopic (exact) mass is 287 g/mol. The fourth-order valence-electron chi connectivity index (χ4n) is 3.86. The van der Waals surface area contributed by atoms with Crippen LogP contribution in [0.5, 0.6) is 0 Å². The molecule has 2 unspecified atom stereocenters. The number of likely N-dealkylation sites (tertiary alicyclic amines) is 1. The average Bonchev–Trinajstić information content (AvgIpc) is 2.77. The van der Waals surface area contributed by atoms with Gasteiger partial charge in [0.15, 0.2) is 9.84 Å². The Morgan fingerprint density at radius 3 is 2.37 bits per heavy atom. The molecule has 0 aromatic carbocycles. The van der Waals surface area contributed by atoms with Gasteiger partial charge in [0.05, 0.1) is 5.25 Å². The van der Waals surface area contributed by atoms with Crippen LogP contribution < -0.4 is 5.32 Å². The van der Waals surface area contributed by atoms with E-state index in [-0.39, 0.29) is 11.3 Å². The summed E-state index contributed by atoms with van der Waals surface area (Å²) in [5, 5.41) is 3.26. The second-order valence-corrected chi connectivity index (χ2v) is 8.52. The number of sulfone groups is 1. The molecular formula is C13H25N3O2S. The molecule has 0 aromatic heterocycles. The first-order valence-electron chi connectivity index (χ1n) is 7.43. The largest absolute Gasteiger partial charge is 0.314 e. The third-order valence-corrected chi connectivity index (χ3v) is 6.64. The van der Waals surface area contributed by atoms with E-state index < -0.39 is 9.84 Å². The molecule has 1 saturated carbocycles. The second-order valence-electron chi connectivity index (χ2n) is 6.26. The summed E-state index contributed by atoms with van der Waals surface area (Å²) in [6.07, 6.45) is 4.39. The van der Waals surface area contributed by atoms with Gasteiger partial charge in [-0.3, -0.25) is 9.80 Å². The average molecular weight is 287 g/mol. The number of hydrogen-bond donors (Lipinski definition) is 1. The van der Waals surface area contributed by atoms with Crippen molar-refractivity contribution in [3.63, 3.8) is 0 Å². The maximum atomic E-state index is 11.8. The van der Waals surface area contributed by atoms with E-state index >= 15 is 0 Å². The predicted octanol–water partition coefficient (Wildman–Crippen LogP) is -0.458. The van der Waals surface area contributed by atoms with Crippen LogP contribution in [0.2, 0.25) is 0 Å². The predicted molar refractivity (Wildman–Crippen MR) is 76.1 cm³/mol. The third kappa shape index (κ3) is 2.82. The van der Waals surface area contributed by atoms with E-state index in [9.17, 15) is 8.42 Å². The maximum absolute atomic E-state index is 11.8. The first-order chi connectivity index (χ1) is 9.05. The molecule has 2 atom stereocenters. The number of nitrogens with zero attached hydrogens (tertiary/aromatic N) is 2. The van der Waals surface area contributed by atoms with Crippen LogP contribution in [0.4, 0.5) is 0 Å². The van der Waals surface area contributed by atoms with Crippen LogP contribution in [0.1, 0.15) is 19.3 Å². The van der Waals surface area contributed by atoms with Gasteiger partial charge in [0.2, 0.25) is 0 Å². The summed E-state index contributed by atoms with van der Waals surface area (Å²) in [6, 6.07) is 0.942. The molecule has 110 valence electrons. The fraction of sp³-hybridized carbons (Fsp3) is 1.00. The van der Waals surface area contributed by atoms with Gasteiger partial charge < -0.3 is 5.32 Å². The highest BCUT2D eigenvalue weighted by Crippen LogP contribution is 2.32. The van der Waals surface area contributed by atoms with Crippen LogP contribution in [-0.2, 0) is 9.84 Å². The van der Waals surface area contributed by atoms with Crippen molar-refractivity contribution < 1.29 is 8.42 Å². The summed E-state index contributed by atoms with van der Waals surface area (Å²) in [5.41, 5.74) is 0. The van der Waals surface area contributed by atoms with E-state index in [2.05, 4.69) is 15.1 Å². The second kappa shape index (κ2) is 5.31. The van der Waals surface area contributed by atoms with Crippen LogP contribution in [0.15, 0.2) is 0 Å². The molecule has 0 spiro atoms. The Kier molecular flexibility index (Phi) is 3.86. The Morgan fingerprint density at radius 1 is 1.05 bits per heavy atom. The normalized spacial score (nSPS) is 35.4. The number of hydrogen-bond acceptors (Lipinski definition) is 5. The van der Waals surface area contributed by atoms with Crippen LogP contribution in [0.25, 0.3) is 0 Å². The summed E-state index contributed by atoms with van der Waals surface area (Å²) in [6.45, 7) is 6.59. The van der Waals surface area contributed by atoms with Gasteiger partial charge in [-0.25, -0.2) is 8.42 Å². The molecule has 2 saturated heterocycles. The highest BCUT2D eigenvalue weighted by atomic mass is 32.2. The lowest BCUT2D eigenvalue weighted by atomic mass is 10.0. The zero-order valence-electron chi connectivity index (χ0n) is 11.7. The molecule has 0 radical (unpaired) electrons. The highest BCUT2D eigenvalue weighted by molar-refractivity contribution is 7.91. The Morgan fingerprint density at radius 2 is 1.74 bits per heavy atom. The van der Waals surface area contributed by atoms with Crippen molar-refractivity contribution in [1.82, 2.24) is 15.1 Å². The van der Waals surface area contributed by atoms with Gasteiger partial charge in [-0.15, -0.1) is 0 Å². The van der Waals surface area contributed by atoms with Crippen LogP contribution in [0, 0.1) is 0 Å². The van der Waals surface area contributed by atoms with Gasteiger partial charge in [0.1, 0.15) is 0 Å². The minimum atomic E-state index is -2.88. The zero-order chi connectivity index (χ0) is 13.5. The molecule has 0 bridgehead atoms. The minimum absolute atomic E-state index is 0.114. The Hall–Kier alpha value is -0.170. The number of nitrogens with one attached hydrogen (secondary N) is 1. The Bertz CT molecular complexity index is 414. The van der Waals surface area contributed by atoms with Gasteiger partial charge in [-0.2, -0.15) is 0 Å².